The molecule has 0 amide bonds. The Labute approximate surface area is 94.2 Å². The number of hydrogen-bond acceptors (Lipinski definition) is 4. The maximum absolute atomic E-state index is 11.5. The van der Waals surface area contributed by atoms with Gasteiger partial charge in [0.2, 0.25) is 0 Å². The van der Waals surface area contributed by atoms with Gasteiger partial charge in [0.1, 0.15) is 0 Å². The molecule has 0 radical (unpaired) electrons. The number of β-amino-alcohol motifs (C(OH)–C–C–N with tert-alkyl or cyclic N) is 1. The smallest absolute Gasteiger partial charge is 0.338 e. The Balaban J connectivity index is 2.24. The van der Waals surface area contributed by atoms with Gasteiger partial charge in [-0.15, -0.1) is 0 Å². The quantitative estimate of drug-likeness (QED) is 0.736. The summed E-state index contributed by atoms with van der Waals surface area (Å²) in [4.78, 5) is 11.5. The highest BCUT2D eigenvalue weighted by atomic mass is 16.5. The number of rotatable bonds is 2. The van der Waals surface area contributed by atoms with Crippen molar-refractivity contribution in [2.45, 2.75) is 19.4 Å². The maximum atomic E-state index is 11.5. The van der Waals surface area contributed by atoms with Crippen LogP contribution in [0.15, 0.2) is 18.2 Å². The molecule has 86 valence electrons. The predicted molar refractivity (Wildman–Crippen MR) is 60.6 cm³/mol. The van der Waals surface area contributed by atoms with E-state index >= 15 is 0 Å². The van der Waals surface area contributed by atoms with E-state index < -0.39 is 0 Å². The molecule has 0 fully saturated rings. The minimum Gasteiger partial charge on any atom is -0.462 e. The molecule has 1 atom stereocenters. The van der Waals surface area contributed by atoms with Crippen LogP contribution in [0.4, 0.5) is 5.69 Å². The minimum absolute atomic E-state index is 0.314. The maximum Gasteiger partial charge on any atom is 0.338 e. The number of aliphatic hydroxyl groups is 1. The summed E-state index contributed by atoms with van der Waals surface area (Å²) >= 11 is 0. The number of carbonyl (C=O) groups excluding carboxylic acids is 1. The minimum atomic E-state index is -0.384. The largest absolute Gasteiger partial charge is 0.462 e. The summed E-state index contributed by atoms with van der Waals surface area (Å²) in [5, 5.41) is 12.6. The van der Waals surface area contributed by atoms with E-state index in [1.54, 1.807) is 19.1 Å². The topological polar surface area (TPSA) is 58.6 Å². The van der Waals surface area contributed by atoms with E-state index in [9.17, 15) is 9.90 Å². The first-order valence-electron chi connectivity index (χ1n) is 5.42. The first-order chi connectivity index (χ1) is 7.70. The highest BCUT2D eigenvalue weighted by Gasteiger charge is 2.17. The molecule has 1 aromatic rings. The van der Waals surface area contributed by atoms with Crippen LogP contribution in [0.5, 0.6) is 0 Å². The predicted octanol–water partition coefficient (Wildman–Crippen LogP) is 1.19. The van der Waals surface area contributed by atoms with Crippen LogP contribution in [0, 0.1) is 0 Å². The molecule has 0 saturated heterocycles. The lowest BCUT2D eigenvalue weighted by atomic mass is 9.99. The van der Waals surface area contributed by atoms with Crippen molar-refractivity contribution in [3.63, 3.8) is 0 Å². The summed E-state index contributed by atoms with van der Waals surface area (Å²) in [7, 11) is 0. The number of anilines is 1. The lowest BCUT2D eigenvalue weighted by Crippen LogP contribution is -2.27. The van der Waals surface area contributed by atoms with E-state index in [1.807, 2.05) is 6.07 Å². The standard InChI is InChI=1S/C12H15NO3/c1-2-16-12(15)8-3-4-11-9(5-8)6-10(14)7-13-11/h3-5,10,13-14H,2,6-7H2,1H3. The lowest BCUT2D eigenvalue weighted by Gasteiger charge is -2.22. The Hall–Kier alpha value is -1.55. The molecule has 16 heavy (non-hydrogen) atoms. The summed E-state index contributed by atoms with van der Waals surface area (Å²) in [6.07, 6.45) is 0.195. The van der Waals surface area contributed by atoms with Crippen LogP contribution in [0.2, 0.25) is 0 Å². The third kappa shape index (κ3) is 2.17. The molecular formula is C12H15NO3. The van der Waals surface area contributed by atoms with E-state index in [0.29, 0.717) is 25.1 Å². The van der Waals surface area contributed by atoms with Gasteiger partial charge in [-0.3, -0.25) is 0 Å². The van der Waals surface area contributed by atoms with Crippen molar-refractivity contribution in [1.29, 1.82) is 0 Å². The molecule has 0 aliphatic carbocycles. The van der Waals surface area contributed by atoms with Crippen molar-refractivity contribution < 1.29 is 14.6 Å². The number of aliphatic hydroxyl groups excluding tert-OH is 1. The number of benzene rings is 1. The second-order valence-corrected chi connectivity index (χ2v) is 3.83. The van der Waals surface area contributed by atoms with E-state index in [1.165, 1.54) is 0 Å². The van der Waals surface area contributed by atoms with Crippen molar-refractivity contribution in [2.24, 2.45) is 0 Å². The average Bonchev–Trinajstić information content (AvgIpc) is 2.28. The van der Waals surface area contributed by atoms with Gasteiger partial charge >= 0.3 is 5.97 Å². The van der Waals surface area contributed by atoms with Crippen molar-refractivity contribution >= 4 is 11.7 Å². The molecule has 2 rings (SSSR count). The molecule has 1 unspecified atom stereocenters. The van der Waals surface area contributed by atoms with E-state index in [2.05, 4.69) is 5.32 Å². The summed E-state index contributed by atoms with van der Waals surface area (Å²) in [6, 6.07) is 5.37. The highest BCUT2D eigenvalue weighted by Crippen LogP contribution is 2.23. The third-order valence-electron chi connectivity index (χ3n) is 2.60. The van der Waals surface area contributed by atoms with Crippen molar-refractivity contribution in [3.05, 3.63) is 29.3 Å². The second kappa shape index (κ2) is 4.53. The van der Waals surface area contributed by atoms with Crippen LogP contribution in [-0.2, 0) is 11.2 Å². The Morgan fingerprint density at radius 2 is 2.44 bits per heavy atom. The van der Waals surface area contributed by atoms with Gasteiger partial charge in [-0.05, 0) is 30.7 Å². The van der Waals surface area contributed by atoms with Gasteiger partial charge in [-0.25, -0.2) is 4.79 Å². The van der Waals surface area contributed by atoms with Crippen LogP contribution in [-0.4, -0.2) is 30.3 Å². The first kappa shape index (κ1) is 11.0. The van der Waals surface area contributed by atoms with Crippen LogP contribution in [0.3, 0.4) is 0 Å². The molecule has 4 heteroatoms. The Bertz CT molecular complexity index is 403. The van der Waals surface area contributed by atoms with Crippen molar-refractivity contribution in [1.82, 2.24) is 0 Å². The molecule has 1 aliphatic heterocycles. The molecule has 0 bridgehead atoms. The first-order valence-corrected chi connectivity index (χ1v) is 5.42. The fourth-order valence-electron chi connectivity index (χ4n) is 1.83. The zero-order valence-electron chi connectivity index (χ0n) is 9.19. The molecule has 1 aliphatic rings. The number of carbonyl (C=O) groups is 1. The van der Waals surface area contributed by atoms with Crippen LogP contribution in [0.1, 0.15) is 22.8 Å². The summed E-state index contributed by atoms with van der Waals surface area (Å²) in [5.74, 6) is -0.314. The van der Waals surface area contributed by atoms with Crippen molar-refractivity contribution in [2.75, 3.05) is 18.5 Å². The second-order valence-electron chi connectivity index (χ2n) is 3.83. The molecule has 2 N–H and O–H groups in total. The molecule has 0 saturated carbocycles. The molecular weight excluding hydrogens is 206 g/mol. The van der Waals surface area contributed by atoms with Gasteiger partial charge in [0.15, 0.2) is 0 Å². The van der Waals surface area contributed by atoms with Gasteiger partial charge < -0.3 is 15.2 Å². The van der Waals surface area contributed by atoms with Crippen LogP contribution >= 0.6 is 0 Å². The fraction of sp³-hybridized carbons (Fsp3) is 0.417. The van der Waals surface area contributed by atoms with E-state index in [4.69, 9.17) is 4.74 Å². The number of fused-ring (bicyclic) bond motifs is 1. The van der Waals surface area contributed by atoms with Crippen LogP contribution in [0.25, 0.3) is 0 Å². The number of esters is 1. The summed E-state index contributed by atoms with van der Waals surface area (Å²) < 4.78 is 4.92. The van der Waals surface area contributed by atoms with Gasteiger partial charge in [0.05, 0.1) is 18.3 Å². The Kier molecular flexibility index (Phi) is 3.10. The number of nitrogens with one attached hydrogen (secondary N) is 1. The Morgan fingerprint density at radius 3 is 3.19 bits per heavy atom. The molecule has 1 aromatic carbocycles. The molecule has 0 aromatic heterocycles. The summed E-state index contributed by atoms with van der Waals surface area (Å²) in [5.41, 5.74) is 2.49. The highest BCUT2D eigenvalue weighted by molar-refractivity contribution is 5.90. The Morgan fingerprint density at radius 1 is 1.62 bits per heavy atom. The fourth-order valence-corrected chi connectivity index (χ4v) is 1.83. The lowest BCUT2D eigenvalue weighted by molar-refractivity contribution is 0.0526. The van der Waals surface area contributed by atoms with E-state index in [0.717, 1.165) is 11.3 Å². The number of ether oxygens (including phenoxy) is 1. The van der Waals surface area contributed by atoms with Crippen molar-refractivity contribution in [3.8, 4) is 0 Å². The third-order valence-corrected chi connectivity index (χ3v) is 2.60. The summed E-state index contributed by atoms with van der Waals surface area (Å²) in [6.45, 7) is 2.71. The number of hydrogen-bond donors (Lipinski definition) is 2. The van der Waals surface area contributed by atoms with Gasteiger partial charge in [0.25, 0.3) is 0 Å². The molecule has 4 nitrogen and oxygen atoms in total. The average molecular weight is 221 g/mol. The van der Waals surface area contributed by atoms with Gasteiger partial charge in [-0.1, -0.05) is 0 Å². The monoisotopic (exact) mass is 221 g/mol. The SMILES string of the molecule is CCOC(=O)c1ccc2c(c1)CC(O)CN2. The van der Waals surface area contributed by atoms with E-state index in [-0.39, 0.29) is 12.1 Å². The zero-order valence-corrected chi connectivity index (χ0v) is 9.19. The van der Waals surface area contributed by atoms with Gasteiger partial charge in [0, 0.05) is 18.7 Å². The van der Waals surface area contributed by atoms with Gasteiger partial charge in [-0.2, -0.15) is 0 Å². The zero-order chi connectivity index (χ0) is 11.5. The van der Waals surface area contributed by atoms with Crippen LogP contribution < -0.4 is 5.32 Å². The molecule has 0 spiro atoms. The normalized spacial score (nSPS) is 18.5. The molecule has 1 heterocycles.